The molecule has 0 aliphatic heterocycles. The number of rotatable bonds is 20. The summed E-state index contributed by atoms with van der Waals surface area (Å²) in [5, 5.41) is 0. The molecule has 0 heterocycles. The fourth-order valence-electron chi connectivity index (χ4n) is 5.87. The lowest BCUT2D eigenvalue weighted by molar-refractivity contribution is 0.589. The van der Waals surface area contributed by atoms with Gasteiger partial charge in [0.15, 0.2) is 0 Å². The molecule has 1 heteroatoms. The molecule has 3 rings (SSSR count). The predicted octanol–water partition coefficient (Wildman–Crippen LogP) is 15.2. The zero-order chi connectivity index (χ0) is 38.0. The van der Waals surface area contributed by atoms with Crippen molar-refractivity contribution in [3.63, 3.8) is 0 Å². The molecule has 0 saturated carbocycles. The van der Waals surface area contributed by atoms with Crippen molar-refractivity contribution in [1.82, 2.24) is 0 Å². The molecule has 0 bridgehead atoms. The van der Waals surface area contributed by atoms with Gasteiger partial charge in [0.2, 0.25) is 0 Å². The van der Waals surface area contributed by atoms with Crippen LogP contribution in [-0.4, -0.2) is 6.54 Å². The average molecular weight is 678 g/mol. The fourth-order valence-corrected chi connectivity index (χ4v) is 5.87. The molecule has 0 radical (unpaired) electrons. The van der Waals surface area contributed by atoms with E-state index in [-0.39, 0.29) is 0 Å². The highest BCUT2D eigenvalue weighted by atomic mass is 14.5. The lowest BCUT2D eigenvalue weighted by atomic mass is 9.90. The van der Waals surface area contributed by atoms with Gasteiger partial charge in [0.25, 0.3) is 0 Å². The van der Waals surface area contributed by atoms with Crippen molar-refractivity contribution in [1.29, 1.82) is 0 Å². The molecule has 50 heavy (non-hydrogen) atoms. The molecule has 3 aromatic carbocycles. The van der Waals surface area contributed by atoms with Gasteiger partial charge < -0.3 is 5.73 Å². The highest BCUT2D eigenvalue weighted by molar-refractivity contribution is 5.72. The van der Waals surface area contributed by atoms with Crippen LogP contribution in [0.4, 0.5) is 0 Å². The standard InChI is InChI=1S/C41H55N.2C2H6.2C2H4/c1-5-8-9-10-11-12-13-18-34-22-29-41(40(32-34)19-14-15-30-42)33(4)31-35-20-23-37(24-21-35)39-27-25-38(26-28-39)36(16-6-2)17-7-3;4*1-2/h6,16,20-29,32H,2,4-5,7-15,17-19,30-31,42H2,1,3H3;2*1-2H3;2*1-2H2/b36-16+;;;;. The Hall–Kier alpha value is -3.68. The third-order valence-corrected chi connectivity index (χ3v) is 8.32. The smallest absolute Gasteiger partial charge is 0.00256 e. The van der Waals surface area contributed by atoms with Crippen molar-refractivity contribution in [2.75, 3.05) is 6.54 Å². The zero-order valence-electron chi connectivity index (χ0n) is 33.4. The van der Waals surface area contributed by atoms with E-state index in [2.05, 4.69) is 126 Å². The number of hydrogen-bond acceptors (Lipinski definition) is 1. The number of aryl methyl sites for hydroxylation is 2. The predicted molar refractivity (Wildman–Crippen MR) is 233 cm³/mol. The molecular weight excluding hydrogens is 603 g/mol. The molecule has 0 aliphatic carbocycles. The summed E-state index contributed by atoms with van der Waals surface area (Å²) in [7, 11) is 0. The summed E-state index contributed by atoms with van der Waals surface area (Å²) in [6, 6.07) is 25.1. The van der Waals surface area contributed by atoms with Crippen molar-refractivity contribution in [2.24, 2.45) is 5.73 Å². The van der Waals surface area contributed by atoms with Gasteiger partial charge in [-0.2, -0.15) is 0 Å². The lowest BCUT2D eigenvalue weighted by Gasteiger charge is -2.15. The minimum atomic E-state index is 0.758. The monoisotopic (exact) mass is 678 g/mol. The lowest BCUT2D eigenvalue weighted by Crippen LogP contribution is -2.02. The van der Waals surface area contributed by atoms with E-state index in [1.54, 1.807) is 0 Å². The van der Waals surface area contributed by atoms with Crippen LogP contribution in [0.1, 0.15) is 140 Å². The summed E-state index contributed by atoms with van der Waals surface area (Å²) < 4.78 is 0. The molecule has 0 amide bonds. The molecule has 0 saturated heterocycles. The fraction of sp³-hybridized carbons (Fsp3) is 0.429. The van der Waals surface area contributed by atoms with Crippen molar-refractivity contribution >= 4 is 11.1 Å². The minimum absolute atomic E-state index is 0.758. The number of hydrogen-bond donors (Lipinski definition) is 1. The van der Waals surface area contributed by atoms with E-state index in [1.807, 2.05) is 33.8 Å². The third kappa shape index (κ3) is 19.5. The maximum atomic E-state index is 5.82. The van der Waals surface area contributed by atoms with E-state index in [1.165, 1.54) is 101 Å². The zero-order valence-corrected chi connectivity index (χ0v) is 33.4. The molecule has 2 N–H and O–H groups in total. The molecule has 0 fully saturated rings. The van der Waals surface area contributed by atoms with Crippen LogP contribution in [0, 0.1) is 0 Å². The van der Waals surface area contributed by atoms with E-state index in [4.69, 9.17) is 5.73 Å². The largest absolute Gasteiger partial charge is 0.330 e. The second kappa shape index (κ2) is 33.8. The van der Waals surface area contributed by atoms with E-state index in [9.17, 15) is 0 Å². The SMILES string of the molecule is C=C.C=C.C=C/C=C(\CCC)c1ccc(-c2ccc(CC(=C)c3ccc(CCCCCCCCC)cc3CCCCN)cc2)cc1.CC.CC. The molecule has 276 valence electrons. The molecular formula is C49H75N. The molecule has 0 atom stereocenters. The van der Waals surface area contributed by atoms with Gasteiger partial charge in [-0.3, -0.25) is 0 Å². The Bertz CT molecular complexity index is 1270. The summed E-state index contributed by atoms with van der Waals surface area (Å²) in [6.45, 7) is 33.7. The summed E-state index contributed by atoms with van der Waals surface area (Å²) in [6.07, 6.45) is 21.0. The molecule has 0 aliphatic rings. The van der Waals surface area contributed by atoms with E-state index in [0.717, 1.165) is 45.1 Å². The number of unbranched alkanes of at least 4 members (excludes halogenated alkanes) is 7. The van der Waals surface area contributed by atoms with Gasteiger partial charge in [-0.25, -0.2) is 0 Å². The Morgan fingerprint density at radius 3 is 1.68 bits per heavy atom. The number of benzene rings is 3. The second-order valence-corrected chi connectivity index (χ2v) is 11.8. The number of allylic oxidation sites excluding steroid dienone is 4. The maximum Gasteiger partial charge on any atom is -0.00256 e. The van der Waals surface area contributed by atoms with Crippen molar-refractivity contribution in [2.45, 2.75) is 131 Å². The average Bonchev–Trinajstić information content (AvgIpc) is 3.18. The van der Waals surface area contributed by atoms with Crippen molar-refractivity contribution < 1.29 is 0 Å². The molecule has 1 nitrogen and oxygen atoms in total. The first-order valence-corrected chi connectivity index (χ1v) is 19.6. The second-order valence-electron chi connectivity index (χ2n) is 11.8. The van der Waals surface area contributed by atoms with Crippen molar-refractivity contribution in [3.05, 3.63) is 146 Å². The molecule has 0 unspecified atom stereocenters. The maximum absolute atomic E-state index is 5.82. The van der Waals surface area contributed by atoms with Gasteiger partial charge in [-0.1, -0.05) is 179 Å². The van der Waals surface area contributed by atoms with Crippen LogP contribution in [0.25, 0.3) is 22.3 Å². The topological polar surface area (TPSA) is 26.0 Å². The van der Waals surface area contributed by atoms with E-state index >= 15 is 0 Å². The highest BCUT2D eigenvalue weighted by Crippen LogP contribution is 2.28. The van der Waals surface area contributed by atoms with Crippen LogP contribution in [0.15, 0.2) is 118 Å². The van der Waals surface area contributed by atoms with E-state index in [0.29, 0.717) is 0 Å². The van der Waals surface area contributed by atoms with Crippen LogP contribution in [0.2, 0.25) is 0 Å². The van der Waals surface area contributed by atoms with Gasteiger partial charge in [-0.05, 0) is 102 Å². The minimum Gasteiger partial charge on any atom is -0.330 e. The first-order chi connectivity index (χ1) is 24.6. The highest BCUT2D eigenvalue weighted by Gasteiger charge is 2.10. The normalized spacial score (nSPS) is 10.1. The van der Waals surface area contributed by atoms with Crippen LogP contribution in [0.3, 0.4) is 0 Å². The quantitative estimate of drug-likeness (QED) is 0.0719. The van der Waals surface area contributed by atoms with Gasteiger partial charge in [0, 0.05) is 0 Å². The Morgan fingerprint density at radius 2 is 1.14 bits per heavy atom. The van der Waals surface area contributed by atoms with Gasteiger partial charge in [-0.15, -0.1) is 26.3 Å². The van der Waals surface area contributed by atoms with Crippen LogP contribution >= 0.6 is 0 Å². The first kappa shape index (κ1) is 48.4. The number of nitrogens with two attached hydrogens (primary N) is 1. The molecule has 0 aromatic heterocycles. The van der Waals surface area contributed by atoms with Crippen molar-refractivity contribution in [3.8, 4) is 11.1 Å². The first-order valence-electron chi connectivity index (χ1n) is 19.6. The van der Waals surface area contributed by atoms with Crippen LogP contribution < -0.4 is 5.73 Å². The van der Waals surface area contributed by atoms with Crippen LogP contribution in [-0.2, 0) is 19.3 Å². The summed E-state index contributed by atoms with van der Waals surface area (Å²) in [4.78, 5) is 0. The van der Waals surface area contributed by atoms with Gasteiger partial charge >= 0.3 is 0 Å². The van der Waals surface area contributed by atoms with Gasteiger partial charge in [0.1, 0.15) is 0 Å². The third-order valence-electron chi connectivity index (χ3n) is 8.32. The Labute approximate surface area is 311 Å². The Kier molecular flexibility index (Phi) is 32.7. The van der Waals surface area contributed by atoms with Gasteiger partial charge in [0.05, 0.1) is 0 Å². The summed E-state index contributed by atoms with van der Waals surface area (Å²) >= 11 is 0. The molecule has 3 aromatic rings. The summed E-state index contributed by atoms with van der Waals surface area (Å²) in [5.41, 5.74) is 17.7. The van der Waals surface area contributed by atoms with E-state index < -0.39 is 0 Å². The van der Waals surface area contributed by atoms with Crippen LogP contribution in [0.5, 0.6) is 0 Å². The molecule has 0 spiro atoms. The Balaban J connectivity index is 0. The Morgan fingerprint density at radius 1 is 0.620 bits per heavy atom. The summed E-state index contributed by atoms with van der Waals surface area (Å²) in [5.74, 6) is 0.